The lowest BCUT2D eigenvalue weighted by Gasteiger charge is -2.26. The van der Waals surface area contributed by atoms with Gasteiger partial charge in [0, 0.05) is 36.0 Å². The van der Waals surface area contributed by atoms with Gasteiger partial charge in [0.1, 0.15) is 6.61 Å². The highest BCUT2D eigenvalue weighted by molar-refractivity contribution is 7.98. The maximum absolute atomic E-state index is 13.6. The fourth-order valence-corrected chi connectivity index (χ4v) is 5.51. The number of ether oxygens (including phenoxy) is 2. The number of para-hydroxylation sites is 1. The van der Waals surface area contributed by atoms with Crippen molar-refractivity contribution in [2.24, 2.45) is 0 Å². The number of aromatic nitrogens is 2. The minimum Gasteiger partial charge on any atom is -0.458 e. The molecule has 0 saturated carbocycles. The van der Waals surface area contributed by atoms with Crippen LogP contribution in [0.4, 0.5) is 0 Å². The highest BCUT2D eigenvalue weighted by Gasteiger charge is 2.36. The fourth-order valence-electron chi connectivity index (χ4n) is 5.24. The molecule has 2 aliphatic heterocycles. The lowest BCUT2D eigenvalue weighted by atomic mass is 9.96. The normalized spacial score (nSPS) is 16.0. The average Bonchev–Trinajstić information content (AvgIpc) is 3.21. The van der Waals surface area contributed by atoms with Gasteiger partial charge < -0.3 is 18.9 Å². The largest absolute Gasteiger partial charge is 0.458 e. The molecule has 3 aromatic rings. The van der Waals surface area contributed by atoms with Crippen LogP contribution in [0.2, 0.25) is 0 Å². The van der Waals surface area contributed by atoms with Crippen molar-refractivity contribution in [2.45, 2.75) is 52.5 Å². The quantitative estimate of drug-likeness (QED) is 0.279. The molecule has 0 unspecified atom stereocenters. The third kappa shape index (κ3) is 4.10. The van der Waals surface area contributed by atoms with Crippen molar-refractivity contribution in [3.8, 4) is 11.4 Å². The molecular weight excluding hydrogens is 478 g/mol. The molecule has 0 aliphatic carbocycles. The van der Waals surface area contributed by atoms with Crippen molar-refractivity contribution in [1.82, 2.24) is 14.5 Å². The van der Waals surface area contributed by atoms with E-state index in [9.17, 15) is 14.4 Å². The van der Waals surface area contributed by atoms with E-state index in [0.717, 1.165) is 27.7 Å². The highest BCUT2D eigenvalue weighted by atomic mass is 32.2. The zero-order valence-corrected chi connectivity index (χ0v) is 21.7. The minimum absolute atomic E-state index is 0.0353. The number of carbonyl (C=O) groups is 2. The van der Waals surface area contributed by atoms with Crippen molar-refractivity contribution in [3.63, 3.8) is 0 Å². The van der Waals surface area contributed by atoms with Gasteiger partial charge >= 0.3 is 5.97 Å². The molecule has 1 atom stereocenters. The van der Waals surface area contributed by atoms with Crippen LogP contribution in [-0.4, -0.2) is 51.1 Å². The Hall–Kier alpha value is -3.17. The first-order valence-corrected chi connectivity index (χ1v) is 13.4. The van der Waals surface area contributed by atoms with Gasteiger partial charge in [0.05, 0.1) is 35.0 Å². The molecule has 1 aromatic carbocycles. The van der Waals surface area contributed by atoms with Crippen LogP contribution >= 0.6 is 11.8 Å². The SMILES string of the molecule is CSCO[C@@H]1C(=O)OCc2c1cc1n(c2=O)Cc2c-1nc1ccccc1c2CCN(C(C)=O)C(C)C. The van der Waals surface area contributed by atoms with E-state index in [1.54, 1.807) is 11.5 Å². The van der Waals surface area contributed by atoms with E-state index in [1.165, 1.54) is 11.8 Å². The van der Waals surface area contributed by atoms with Crippen LogP contribution < -0.4 is 5.56 Å². The molecule has 0 saturated heterocycles. The monoisotopic (exact) mass is 507 g/mol. The van der Waals surface area contributed by atoms with Gasteiger partial charge in [-0.1, -0.05) is 18.2 Å². The van der Waals surface area contributed by atoms with Crippen LogP contribution in [0.15, 0.2) is 35.1 Å². The predicted octanol–water partition coefficient (Wildman–Crippen LogP) is 3.66. The van der Waals surface area contributed by atoms with E-state index in [2.05, 4.69) is 0 Å². The van der Waals surface area contributed by atoms with Crippen LogP contribution in [0.5, 0.6) is 0 Å². The summed E-state index contributed by atoms with van der Waals surface area (Å²) in [5.41, 5.74) is 5.15. The molecule has 0 fully saturated rings. The zero-order chi connectivity index (χ0) is 25.6. The first kappa shape index (κ1) is 24.5. The molecule has 0 bridgehead atoms. The number of pyridine rings is 2. The minimum atomic E-state index is -0.932. The van der Waals surface area contributed by atoms with Crippen molar-refractivity contribution in [2.75, 3.05) is 18.7 Å². The summed E-state index contributed by atoms with van der Waals surface area (Å²) in [6, 6.07) is 9.89. The van der Waals surface area contributed by atoms with E-state index < -0.39 is 12.1 Å². The molecule has 0 spiro atoms. The number of hydrogen-bond acceptors (Lipinski definition) is 7. The maximum Gasteiger partial charge on any atom is 0.340 e. The molecule has 2 aromatic heterocycles. The summed E-state index contributed by atoms with van der Waals surface area (Å²) < 4.78 is 12.8. The first-order valence-electron chi connectivity index (χ1n) is 12.0. The van der Waals surface area contributed by atoms with Crippen LogP contribution in [0, 0.1) is 0 Å². The lowest BCUT2D eigenvalue weighted by Crippen LogP contribution is -2.36. The topological polar surface area (TPSA) is 90.7 Å². The van der Waals surface area contributed by atoms with Crippen molar-refractivity contribution < 1.29 is 19.1 Å². The number of nitrogens with zero attached hydrogens (tertiary/aromatic N) is 3. The third-order valence-corrected chi connectivity index (χ3v) is 7.32. The van der Waals surface area contributed by atoms with E-state index in [4.69, 9.17) is 14.5 Å². The number of rotatable bonds is 7. The summed E-state index contributed by atoms with van der Waals surface area (Å²) in [7, 11) is 0. The number of esters is 1. The van der Waals surface area contributed by atoms with Gasteiger partial charge in [0.2, 0.25) is 5.91 Å². The van der Waals surface area contributed by atoms with Crippen LogP contribution in [0.3, 0.4) is 0 Å². The van der Waals surface area contributed by atoms with Crippen LogP contribution in [0.1, 0.15) is 49.1 Å². The Morgan fingerprint density at radius 2 is 2.06 bits per heavy atom. The van der Waals surface area contributed by atoms with Gasteiger partial charge in [-0.3, -0.25) is 9.59 Å². The standard InChI is InChI=1S/C27H29N3O5S/c1-15(2)29(16(3)31)10-9-17-18-7-5-6-8-22(18)28-24-20(17)12-30-23(24)11-19-21(26(30)32)13-34-27(33)25(19)35-14-36-4/h5-8,11,15,25H,9-10,12-14H2,1-4H3/t25-/m0/s1. The van der Waals surface area contributed by atoms with Gasteiger partial charge in [-0.25, -0.2) is 9.78 Å². The van der Waals surface area contributed by atoms with E-state index in [-0.39, 0.29) is 24.1 Å². The second-order valence-electron chi connectivity index (χ2n) is 9.41. The van der Waals surface area contributed by atoms with Gasteiger partial charge in [-0.05, 0) is 44.2 Å². The fraction of sp³-hybridized carbons (Fsp3) is 0.407. The second-order valence-corrected chi connectivity index (χ2v) is 10.2. The molecular formula is C27H29N3O5S. The summed E-state index contributed by atoms with van der Waals surface area (Å²) in [5.74, 6) is -0.138. The Morgan fingerprint density at radius 3 is 2.78 bits per heavy atom. The molecule has 2 aliphatic rings. The molecule has 9 heteroatoms. The molecule has 36 heavy (non-hydrogen) atoms. The Kier molecular flexibility index (Phi) is 6.61. The predicted molar refractivity (Wildman–Crippen MR) is 139 cm³/mol. The number of hydrogen-bond donors (Lipinski definition) is 0. The van der Waals surface area contributed by atoms with Gasteiger partial charge in [0.15, 0.2) is 6.10 Å². The van der Waals surface area contributed by atoms with E-state index in [0.29, 0.717) is 42.3 Å². The summed E-state index contributed by atoms with van der Waals surface area (Å²) in [6.07, 6.45) is 1.59. The van der Waals surface area contributed by atoms with Crippen molar-refractivity contribution in [3.05, 3.63) is 62.9 Å². The Balaban J connectivity index is 1.65. The van der Waals surface area contributed by atoms with Crippen LogP contribution in [0.25, 0.3) is 22.3 Å². The van der Waals surface area contributed by atoms with Crippen molar-refractivity contribution >= 4 is 34.5 Å². The Bertz CT molecular complexity index is 1430. The van der Waals surface area contributed by atoms with Crippen LogP contribution in [-0.2, 0) is 38.6 Å². The number of cyclic esters (lactones) is 1. The Morgan fingerprint density at radius 1 is 1.28 bits per heavy atom. The Labute approximate surface area is 213 Å². The molecule has 0 N–H and O–H groups in total. The third-order valence-electron chi connectivity index (χ3n) is 6.94. The van der Waals surface area contributed by atoms with E-state index >= 15 is 0 Å². The van der Waals surface area contributed by atoms with Crippen molar-refractivity contribution in [1.29, 1.82) is 0 Å². The lowest BCUT2D eigenvalue weighted by molar-refractivity contribution is -0.160. The molecule has 5 rings (SSSR count). The molecule has 1 amide bonds. The smallest absolute Gasteiger partial charge is 0.340 e. The molecule has 4 heterocycles. The summed E-state index contributed by atoms with van der Waals surface area (Å²) in [4.78, 5) is 45.1. The molecule has 8 nitrogen and oxygen atoms in total. The average molecular weight is 508 g/mol. The number of benzene rings is 1. The summed E-state index contributed by atoms with van der Waals surface area (Å²) in [6.45, 7) is 6.50. The summed E-state index contributed by atoms with van der Waals surface area (Å²) >= 11 is 1.45. The zero-order valence-electron chi connectivity index (χ0n) is 20.9. The maximum atomic E-state index is 13.6. The van der Waals surface area contributed by atoms with E-state index in [1.807, 2.05) is 55.3 Å². The molecule has 0 radical (unpaired) electrons. The van der Waals surface area contributed by atoms with Gasteiger partial charge in [-0.2, -0.15) is 0 Å². The number of amides is 1. The van der Waals surface area contributed by atoms with Gasteiger partial charge in [-0.15, -0.1) is 11.8 Å². The highest BCUT2D eigenvalue weighted by Crippen LogP contribution is 2.38. The van der Waals surface area contributed by atoms with Gasteiger partial charge in [0.25, 0.3) is 5.56 Å². The number of thioether (sulfide) groups is 1. The molecule has 188 valence electrons. The summed E-state index contributed by atoms with van der Waals surface area (Å²) in [5, 5.41) is 1.02. The number of fused-ring (bicyclic) bond motifs is 5. The second kappa shape index (κ2) is 9.71. The first-order chi connectivity index (χ1) is 17.3. The number of carbonyl (C=O) groups excluding carboxylic acids is 2.